The molecule has 2 N–H and O–H groups in total. The summed E-state index contributed by atoms with van der Waals surface area (Å²) in [5, 5.41) is 0.640. The Bertz CT molecular complexity index is 1350. The van der Waals surface area contributed by atoms with Crippen molar-refractivity contribution in [1.82, 2.24) is 29.8 Å². The Labute approximate surface area is 206 Å². The lowest BCUT2D eigenvalue weighted by Gasteiger charge is -2.30. The summed E-state index contributed by atoms with van der Waals surface area (Å²) in [5.74, 6) is 0.231. The highest BCUT2D eigenvalue weighted by Gasteiger charge is 2.32. The molecular weight excluding hydrogens is 527 g/mol. The molecule has 0 radical (unpaired) electrons. The molecule has 4 aromatic rings. The molecule has 0 aliphatic rings. The molecule has 12 heteroatoms. The molecule has 0 aliphatic heterocycles. The van der Waals surface area contributed by atoms with Crippen molar-refractivity contribution in [2.75, 3.05) is 5.73 Å². The summed E-state index contributed by atoms with van der Waals surface area (Å²) < 4.78 is 39.5. The molecule has 1 atom stereocenters. The maximum absolute atomic E-state index is 13.7. The second-order valence-electron chi connectivity index (χ2n) is 7.62. The standard InChI is InChI=1S/C23H19BrF3N7O/c1-2-19(21-29-6-3-7-30-21)34(12-15-5-4-14(10-31-15)23(25,26)27)22(35)17-9-13-8-16(24)20(28)33-18(13)11-32-17/h3-11,19H,2,12H2,1H3,(H2,28,33)/t19-/m1/s1. The molecule has 0 saturated heterocycles. The van der Waals surface area contributed by atoms with E-state index in [0.717, 1.165) is 12.3 Å². The fourth-order valence-electron chi connectivity index (χ4n) is 3.54. The zero-order chi connectivity index (χ0) is 25.2. The molecule has 0 bridgehead atoms. The molecule has 0 spiro atoms. The Balaban J connectivity index is 1.74. The second-order valence-corrected chi connectivity index (χ2v) is 8.47. The van der Waals surface area contributed by atoms with E-state index in [4.69, 9.17) is 5.73 Å². The van der Waals surface area contributed by atoms with Crippen LogP contribution in [0, 0.1) is 0 Å². The van der Waals surface area contributed by atoms with Gasteiger partial charge in [0.1, 0.15) is 11.5 Å². The van der Waals surface area contributed by atoms with Crippen LogP contribution in [0.3, 0.4) is 0 Å². The number of halogens is 4. The highest BCUT2D eigenvalue weighted by molar-refractivity contribution is 9.10. The highest BCUT2D eigenvalue weighted by atomic mass is 79.9. The molecule has 180 valence electrons. The first-order valence-corrected chi connectivity index (χ1v) is 11.3. The summed E-state index contributed by atoms with van der Waals surface area (Å²) in [6.45, 7) is 1.79. The number of nitrogens with two attached hydrogens (primary N) is 1. The predicted octanol–water partition coefficient (Wildman–Crippen LogP) is 4.97. The number of anilines is 1. The number of nitrogens with zero attached hydrogens (tertiary/aromatic N) is 6. The van der Waals surface area contributed by atoms with Gasteiger partial charge in [0.05, 0.1) is 40.0 Å². The van der Waals surface area contributed by atoms with Gasteiger partial charge in [0, 0.05) is 24.0 Å². The zero-order valence-corrected chi connectivity index (χ0v) is 20.0. The molecule has 4 heterocycles. The molecule has 35 heavy (non-hydrogen) atoms. The molecule has 0 aromatic carbocycles. The number of rotatable bonds is 6. The van der Waals surface area contributed by atoms with Gasteiger partial charge in [0.15, 0.2) is 5.82 Å². The van der Waals surface area contributed by atoms with E-state index < -0.39 is 23.7 Å². The number of nitrogen functional groups attached to an aromatic ring is 1. The van der Waals surface area contributed by atoms with Crippen molar-refractivity contribution in [2.45, 2.75) is 32.1 Å². The molecule has 0 aliphatic carbocycles. The van der Waals surface area contributed by atoms with Crippen LogP contribution in [0.4, 0.5) is 19.0 Å². The maximum Gasteiger partial charge on any atom is 0.417 e. The number of aromatic nitrogens is 5. The van der Waals surface area contributed by atoms with Crippen molar-refractivity contribution in [3.05, 3.63) is 82.4 Å². The average Bonchev–Trinajstić information content (AvgIpc) is 2.84. The van der Waals surface area contributed by atoms with Crippen LogP contribution in [0.5, 0.6) is 0 Å². The van der Waals surface area contributed by atoms with Crippen molar-refractivity contribution in [2.24, 2.45) is 0 Å². The van der Waals surface area contributed by atoms with E-state index in [9.17, 15) is 18.0 Å². The van der Waals surface area contributed by atoms with E-state index in [1.807, 2.05) is 6.92 Å². The fourth-order valence-corrected chi connectivity index (χ4v) is 3.87. The van der Waals surface area contributed by atoms with E-state index in [-0.39, 0.29) is 17.9 Å². The Morgan fingerprint density at radius 2 is 1.86 bits per heavy atom. The van der Waals surface area contributed by atoms with Crippen LogP contribution < -0.4 is 5.73 Å². The second kappa shape index (κ2) is 9.90. The average molecular weight is 546 g/mol. The largest absolute Gasteiger partial charge is 0.417 e. The van der Waals surface area contributed by atoms with Gasteiger partial charge in [-0.1, -0.05) is 6.92 Å². The number of hydrogen-bond donors (Lipinski definition) is 1. The van der Waals surface area contributed by atoms with Gasteiger partial charge in [0.2, 0.25) is 0 Å². The smallest absolute Gasteiger partial charge is 0.383 e. The third-order valence-electron chi connectivity index (χ3n) is 5.29. The number of carbonyl (C=O) groups excluding carboxylic acids is 1. The Hall–Kier alpha value is -3.67. The van der Waals surface area contributed by atoms with E-state index in [0.29, 0.717) is 33.4 Å². The summed E-state index contributed by atoms with van der Waals surface area (Å²) in [4.78, 5) is 36.1. The number of amides is 1. The minimum Gasteiger partial charge on any atom is -0.383 e. The topological polar surface area (TPSA) is 111 Å². The summed E-state index contributed by atoms with van der Waals surface area (Å²) in [5.41, 5.74) is 5.87. The lowest BCUT2D eigenvalue weighted by Crippen LogP contribution is -2.36. The van der Waals surface area contributed by atoms with Gasteiger partial charge >= 0.3 is 6.18 Å². The van der Waals surface area contributed by atoms with Gasteiger partial charge in [-0.15, -0.1) is 0 Å². The van der Waals surface area contributed by atoms with Crippen molar-refractivity contribution < 1.29 is 18.0 Å². The van der Waals surface area contributed by atoms with E-state index in [2.05, 4.69) is 40.8 Å². The summed E-state index contributed by atoms with van der Waals surface area (Å²) in [6.07, 6.45) is 1.26. The number of fused-ring (bicyclic) bond motifs is 1. The molecule has 4 aromatic heterocycles. The Morgan fingerprint density at radius 3 is 2.49 bits per heavy atom. The van der Waals surface area contributed by atoms with Gasteiger partial charge in [-0.25, -0.2) is 19.9 Å². The van der Waals surface area contributed by atoms with Crippen molar-refractivity contribution in [3.63, 3.8) is 0 Å². The number of alkyl halides is 3. The summed E-state index contributed by atoms with van der Waals surface area (Å²) >= 11 is 3.33. The predicted molar refractivity (Wildman–Crippen MR) is 126 cm³/mol. The first-order chi connectivity index (χ1) is 16.7. The van der Waals surface area contributed by atoms with Crippen LogP contribution in [-0.2, 0) is 12.7 Å². The van der Waals surface area contributed by atoms with Crippen LogP contribution in [0.25, 0.3) is 10.9 Å². The molecule has 4 rings (SSSR count). The third-order valence-corrected chi connectivity index (χ3v) is 5.93. The van der Waals surface area contributed by atoms with Gasteiger partial charge in [0.25, 0.3) is 5.91 Å². The normalized spacial score (nSPS) is 12.5. The van der Waals surface area contributed by atoms with Gasteiger partial charge < -0.3 is 10.6 Å². The first-order valence-electron chi connectivity index (χ1n) is 10.5. The summed E-state index contributed by atoms with van der Waals surface area (Å²) in [6, 6.07) is 6.59. The molecule has 0 saturated carbocycles. The number of hydrogen-bond acceptors (Lipinski definition) is 7. The quantitative estimate of drug-likeness (QED) is 0.364. The van der Waals surface area contributed by atoms with Crippen LogP contribution in [0.15, 0.2) is 59.6 Å². The lowest BCUT2D eigenvalue weighted by atomic mass is 10.1. The third kappa shape index (κ3) is 5.37. The Kier molecular flexibility index (Phi) is 6.92. The van der Waals surface area contributed by atoms with E-state index in [1.165, 1.54) is 17.2 Å². The van der Waals surface area contributed by atoms with Gasteiger partial charge in [-0.3, -0.25) is 9.78 Å². The molecule has 0 fully saturated rings. The monoisotopic (exact) mass is 545 g/mol. The number of pyridine rings is 3. The van der Waals surface area contributed by atoms with Crippen LogP contribution in [0.1, 0.15) is 47.0 Å². The van der Waals surface area contributed by atoms with E-state index in [1.54, 1.807) is 30.6 Å². The maximum atomic E-state index is 13.7. The van der Waals surface area contributed by atoms with Crippen LogP contribution >= 0.6 is 15.9 Å². The van der Waals surface area contributed by atoms with E-state index >= 15 is 0 Å². The number of carbonyl (C=O) groups is 1. The molecular formula is C23H19BrF3N7O. The van der Waals surface area contributed by atoms with Crippen LogP contribution in [-0.4, -0.2) is 35.7 Å². The SMILES string of the molecule is CC[C@H](c1ncccn1)N(Cc1ccc(C(F)(F)F)cn1)C(=O)c1cc2cc(Br)c(N)nc2cn1. The van der Waals surface area contributed by atoms with Crippen molar-refractivity contribution >= 4 is 38.6 Å². The Morgan fingerprint density at radius 1 is 1.11 bits per heavy atom. The van der Waals surface area contributed by atoms with Gasteiger partial charge in [-0.05, 0) is 52.7 Å². The molecule has 0 unspecified atom stereocenters. The molecule has 8 nitrogen and oxygen atoms in total. The van der Waals surface area contributed by atoms with Crippen molar-refractivity contribution in [3.8, 4) is 0 Å². The fraction of sp³-hybridized carbons (Fsp3) is 0.217. The highest BCUT2D eigenvalue weighted by Crippen LogP contribution is 2.30. The van der Waals surface area contributed by atoms with Crippen molar-refractivity contribution in [1.29, 1.82) is 0 Å². The first kappa shape index (κ1) is 24.5. The minimum absolute atomic E-state index is 0.0723. The molecule has 1 amide bonds. The lowest BCUT2D eigenvalue weighted by molar-refractivity contribution is -0.137. The zero-order valence-electron chi connectivity index (χ0n) is 18.4. The minimum atomic E-state index is -4.51. The van der Waals surface area contributed by atoms with Crippen LogP contribution in [0.2, 0.25) is 0 Å². The summed E-state index contributed by atoms with van der Waals surface area (Å²) in [7, 11) is 0. The van der Waals surface area contributed by atoms with Gasteiger partial charge in [-0.2, -0.15) is 13.2 Å².